The van der Waals surface area contributed by atoms with Gasteiger partial charge in [0.1, 0.15) is 0 Å². The Hall–Kier alpha value is 1.37. The summed E-state index contributed by atoms with van der Waals surface area (Å²) in [7, 11) is 0. The number of carbonyl (C=O) groups excluding carboxylic acids is 3. The maximum atomic E-state index is 10.2. The smallest absolute Gasteiger partial charge is 0.550 e. The van der Waals surface area contributed by atoms with E-state index in [9.17, 15) is 29.7 Å². The van der Waals surface area contributed by atoms with Crippen LogP contribution in [0.4, 0.5) is 0 Å². The molecule has 0 amide bonds. The van der Waals surface area contributed by atoms with Crippen LogP contribution in [0.5, 0.6) is 0 Å². The third kappa shape index (κ3) is 15.4. The molecule has 0 aliphatic heterocycles. The third-order valence-electron chi connectivity index (χ3n) is 1.15. The van der Waals surface area contributed by atoms with Gasteiger partial charge in [-0.15, -0.1) is 0 Å². The Morgan fingerprint density at radius 3 is 1.62 bits per heavy atom. The van der Waals surface area contributed by atoms with Gasteiger partial charge in [0.05, 0.1) is 18.0 Å². The molecule has 0 aromatic rings. The van der Waals surface area contributed by atoms with Crippen LogP contribution in [0.25, 0.3) is 0 Å². The van der Waals surface area contributed by atoms with E-state index in [-0.39, 0.29) is 88.7 Å². The minimum Gasteiger partial charge on any atom is -0.550 e. The molecule has 1 atom stereocenters. The first-order valence-corrected chi connectivity index (χ1v) is 3.27. The minimum absolute atomic E-state index is 0. The Kier molecular flexibility index (Phi) is 23.5. The number of carboxylic acid groups (broad SMARTS) is 3. The molecule has 1 N–H and O–H groups in total. The second kappa shape index (κ2) is 14.4. The molecule has 74 valence electrons. The molecule has 0 saturated heterocycles. The summed E-state index contributed by atoms with van der Waals surface area (Å²) in [5.41, 5.74) is 0. The molecule has 0 aliphatic rings. The molecule has 16 heavy (non-hydrogen) atoms. The van der Waals surface area contributed by atoms with E-state index in [1.54, 1.807) is 0 Å². The van der Waals surface area contributed by atoms with Gasteiger partial charge in [0.15, 0.2) is 0 Å². The van der Waals surface area contributed by atoms with Gasteiger partial charge in [-0.05, 0) is 0 Å². The summed E-state index contributed by atoms with van der Waals surface area (Å²) >= 11 is 0. The summed E-state index contributed by atoms with van der Waals surface area (Å²) in [4.78, 5) is 30.0. The monoisotopic (exact) mass is 257 g/mol. The summed E-state index contributed by atoms with van der Waals surface area (Å²) in [6, 6.07) is -1.58. The second-order valence-corrected chi connectivity index (χ2v) is 2.20. The number of nitrogens with one attached hydrogen (secondary N) is 1. The van der Waals surface area contributed by atoms with Crippen molar-refractivity contribution in [3.8, 4) is 0 Å². The molecule has 0 rings (SSSR count). The molecular weight excluding hydrogens is 251 g/mol. The Morgan fingerprint density at radius 2 is 1.38 bits per heavy atom. The average Bonchev–Trinajstić information content (AvgIpc) is 1.96. The Bertz CT molecular complexity index is 236. The van der Waals surface area contributed by atoms with Crippen LogP contribution in [0.15, 0.2) is 0 Å². The van der Waals surface area contributed by atoms with Gasteiger partial charge in [0, 0.05) is 18.9 Å². The Morgan fingerprint density at radius 1 is 0.938 bits per heavy atom. The van der Waals surface area contributed by atoms with Gasteiger partial charge in [0.2, 0.25) is 0 Å². The summed E-state index contributed by atoms with van der Waals surface area (Å²) in [6.45, 7) is -0.758. The molecule has 0 fully saturated rings. The van der Waals surface area contributed by atoms with E-state index in [1.807, 2.05) is 5.32 Å². The molecule has 10 heteroatoms. The summed E-state index contributed by atoms with van der Waals surface area (Å²) in [5, 5.41) is 31.9. The van der Waals surface area contributed by atoms with E-state index in [2.05, 4.69) is 0 Å². The first-order chi connectivity index (χ1) is 5.93. The van der Waals surface area contributed by atoms with Crippen molar-refractivity contribution in [2.75, 3.05) is 6.54 Å². The van der Waals surface area contributed by atoms with Crippen molar-refractivity contribution in [1.82, 2.24) is 5.32 Å². The van der Waals surface area contributed by atoms with Crippen molar-refractivity contribution in [2.24, 2.45) is 0 Å². The van der Waals surface area contributed by atoms with E-state index in [0.717, 1.165) is 0 Å². The van der Waals surface area contributed by atoms with Crippen LogP contribution in [-0.4, -0.2) is 30.5 Å². The minimum atomic E-state index is -1.70. The SMILES string of the molecule is O=C([O-])CNC(CC(=O)[O-])C(=O)[O-].[Na+].[Na+].[Na+]. The van der Waals surface area contributed by atoms with Crippen molar-refractivity contribution >= 4 is 17.9 Å². The number of carbonyl (C=O) groups is 3. The predicted octanol–water partition coefficient (Wildman–Crippen LogP) is -14.4. The van der Waals surface area contributed by atoms with Crippen LogP contribution in [0.2, 0.25) is 0 Å². The zero-order valence-electron chi connectivity index (χ0n) is 9.44. The molecule has 0 aromatic carbocycles. The summed E-state index contributed by atoms with van der Waals surface area (Å²) in [6.07, 6.45) is -0.852. The van der Waals surface area contributed by atoms with Gasteiger partial charge >= 0.3 is 88.7 Å². The zero-order chi connectivity index (χ0) is 10.4. The normalized spacial score (nSPS) is 9.75. The first-order valence-electron chi connectivity index (χ1n) is 3.27. The fraction of sp³-hybridized carbons (Fsp3) is 0.500. The molecule has 1 unspecified atom stereocenters. The molecular formula is C6H6NNa3O6. The number of hydrogen-bond donors (Lipinski definition) is 1. The Balaban J connectivity index is -0.000000240. The molecule has 0 bridgehead atoms. The van der Waals surface area contributed by atoms with Gasteiger partial charge < -0.3 is 35.0 Å². The fourth-order valence-electron chi connectivity index (χ4n) is 0.612. The Labute approximate surface area is 158 Å². The molecule has 7 nitrogen and oxygen atoms in total. The van der Waals surface area contributed by atoms with Crippen LogP contribution in [0.3, 0.4) is 0 Å². The first kappa shape index (κ1) is 26.0. The van der Waals surface area contributed by atoms with Crippen molar-refractivity contribution in [3.05, 3.63) is 0 Å². The maximum Gasteiger partial charge on any atom is 1.00 e. The molecule has 0 heterocycles. The third-order valence-corrected chi connectivity index (χ3v) is 1.15. The number of rotatable bonds is 6. The molecule has 0 spiro atoms. The zero-order valence-corrected chi connectivity index (χ0v) is 15.4. The van der Waals surface area contributed by atoms with Crippen LogP contribution >= 0.6 is 0 Å². The van der Waals surface area contributed by atoms with Gasteiger partial charge in [-0.3, -0.25) is 0 Å². The van der Waals surface area contributed by atoms with Crippen LogP contribution in [0, 0.1) is 0 Å². The van der Waals surface area contributed by atoms with E-state index in [1.165, 1.54) is 0 Å². The second-order valence-electron chi connectivity index (χ2n) is 2.20. The van der Waals surface area contributed by atoms with Crippen molar-refractivity contribution in [3.63, 3.8) is 0 Å². The van der Waals surface area contributed by atoms with Crippen molar-refractivity contribution in [2.45, 2.75) is 12.5 Å². The molecule has 0 saturated carbocycles. The van der Waals surface area contributed by atoms with E-state index >= 15 is 0 Å². The number of aliphatic carboxylic acids is 3. The van der Waals surface area contributed by atoms with E-state index < -0.39 is 36.9 Å². The van der Waals surface area contributed by atoms with Gasteiger partial charge in [-0.25, -0.2) is 0 Å². The van der Waals surface area contributed by atoms with Crippen LogP contribution in [0.1, 0.15) is 6.42 Å². The van der Waals surface area contributed by atoms with E-state index in [4.69, 9.17) is 0 Å². The van der Waals surface area contributed by atoms with E-state index in [0.29, 0.717) is 0 Å². The molecule has 0 aliphatic carbocycles. The van der Waals surface area contributed by atoms with Crippen molar-refractivity contribution < 1.29 is 118 Å². The van der Waals surface area contributed by atoms with Crippen LogP contribution < -0.4 is 109 Å². The summed E-state index contributed by atoms with van der Waals surface area (Å²) in [5.74, 6) is -4.85. The number of carboxylic acids is 3. The van der Waals surface area contributed by atoms with Crippen LogP contribution in [-0.2, 0) is 14.4 Å². The molecule has 0 radical (unpaired) electrons. The standard InChI is InChI=1S/C6H9NO6.3Na/c8-4(9)1-3(6(12)13)7-2-5(10)11;;;/h3,7H,1-2H2,(H,8,9)(H,10,11)(H,12,13);;;/q;3*+1/p-3. The number of hydrogen-bond acceptors (Lipinski definition) is 7. The van der Waals surface area contributed by atoms with Gasteiger partial charge in [-0.2, -0.15) is 0 Å². The largest absolute Gasteiger partial charge is 1.00 e. The van der Waals surface area contributed by atoms with Crippen molar-refractivity contribution in [1.29, 1.82) is 0 Å². The maximum absolute atomic E-state index is 10.2. The van der Waals surface area contributed by atoms with Gasteiger partial charge in [-0.1, -0.05) is 0 Å². The molecule has 0 aromatic heterocycles. The average molecular weight is 257 g/mol. The predicted molar refractivity (Wildman–Crippen MR) is 31.4 cm³/mol. The van der Waals surface area contributed by atoms with Gasteiger partial charge in [0.25, 0.3) is 0 Å². The summed E-state index contributed by atoms with van der Waals surface area (Å²) < 4.78 is 0. The fourth-order valence-corrected chi connectivity index (χ4v) is 0.612. The quantitative estimate of drug-likeness (QED) is 0.467. The topological polar surface area (TPSA) is 132 Å².